The van der Waals surface area contributed by atoms with E-state index in [0.29, 0.717) is 6.04 Å². The minimum Gasteiger partial charge on any atom is -0.352 e. The van der Waals surface area contributed by atoms with E-state index in [-0.39, 0.29) is 11.9 Å². The molecule has 5 nitrogen and oxygen atoms in total. The van der Waals surface area contributed by atoms with E-state index < -0.39 is 0 Å². The molecule has 110 valence electrons. The normalized spacial score (nSPS) is 22.0. The van der Waals surface area contributed by atoms with Gasteiger partial charge in [0.15, 0.2) is 0 Å². The summed E-state index contributed by atoms with van der Waals surface area (Å²) in [4.78, 5) is 19.3. The molecule has 1 saturated carbocycles. The molecule has 2 aliphatic rings. The third-order valence-corrected chi connectivity index (χ3v) is 4.50. The summed E-state index contributed by atoms with van der Waals surface area (Å²) >= 11 is 0. The Morgan fingerprint density at radius 2 is 2.10 bits per heavy atom. The Kier molecular flexibility index (Phi) is 2.87. The van der Waals surface area contributed by atoms with Crippen LogP contribution in [0.25, 0.3) is 11.0 Å². The Hall–Kier alpha value is -2.04. The van der Waals surface area contributed by atoms with Gasteiger partial charge in [0.05, 0.1) is 11.0 Å². The van der Waals surface area contributed by atoms with Gasteiger partial charge in [-0.1, -0.05) is 12.1 Å². The van der Waals surface area contributed by atoms with Crippen molar-refractivity contribution in [3.63, 3.8) is 0 Å². The van der Waals surface area contributed by atoms with Crippen molar-refractivity contribution in [1.29, 1.82) is 0 Å². The van der Waals surface area contributed by atoms with Crippen molar-refractivity contribution >= 4 is 22.9 Å². The molecule has 21 heavy (non-hydrogen) atoms. The van der Waals surface area contributed by atoms with Crippen LogP contribution in [0.2, 0.25) is 0 Å². The largest absolute Gasteiger partial charge is 0.352 e. The predicted molar refractivity (Wildman–Crippen MR) is 82.2 cm³/mol. The number of fused-ring (bicyclic) bond motifs is 1. The number of benzene rings is 1. The molecule has 2 aromatic rings. The van der Waals surface area contributed by atoms with Gasteiger partial charge in [-0.25, -0.2) is 4.98 Å². The Labute approximate surface area is 123 Å². The summed E-state index contributed by atoms with van der Waals surface area (Å²) in [5, 5.41) is 3.13. The molecule has 5 heteroatoms. The zero-order valence-electron chi connectivity index (χ0n) is 12.2. The number of anilines is 1. The van der Waals surface area contributed by atoms with Gasteiger partial charge in [0.1, 0.15) is 6.04 Å². The zero-order chi connectivity index (χ0) is 14.4. The van der Waals surface area contributed by atoms with Crippen LogP contribution in [-0.4, -0.2) is 34.1 Å². The van der Waals surface area contributed by atoms with Crippen LogP contribution in [0.3, 0.4) is 0 Å². The molecular weight excluding hydrogens is 264 g/mol. The standard InChI is InChI=1S/C16H20N4O/c1-19-13-6-3-2-5-12(13)18-16(19)20-10-4-7-14(20)15(21)17-11-8-9-11/h2-3,5-6,11,14H,4,7-10H2,1H3,(H,17,21)/t14-/m1/s1. The molecule has 0 radical (unpaired) electrons. The van der Waals surface area contributed by atoms with Crippen LogP contribution in [0.1, 0.15) is 25.7 Å². The van der Waals surface area contributed by atoms with E-state index in [4.69, 9.17) is 4.98 Å². The average Bonchev–Trinajstić information content (AvgIpc) is 3.06. The summed E-state index contributed by atoms with van der Waals surface area (Å²) in [6, 6.07) is 8.46. The number of amides is 1. The van der Waals surface area contributed by atoms with Crippen LogP contribution in [0, 0.1) is 0 Å². The van der Waals surface area contributed by atoms with Crippen LogP contribution in [0.5, 0.6) is 0 Å². The van der Waals surface area contributed by atoms with Crippen molar-refractivity contribution in [1.82, 2.24) is 14.9 Å². The van der Waals surface area contributed by atoms with Gasteiger partial charge in [-0.05, 0) is 37.8 Å². The van der Waals surface area contributed by atoms with Crippen LogP contribution in [0.4, 0.5) is 5.95 Å². The quantitative estimate of drug-likeness (QED) is 0.935. The summed E-state index contributed by atoms with van der Waals surface area (Å²) in [6.07, 6.45) is 4.23. The van der Waals surface area contributed by atoms with Crippen molar-refractivity contribution < 1.29 is 4.79 Å². The maximum atomic E-state index is 12.4. The zero-order valence-corrected chi connectivity index (χ0v) is 12.2. The smallest absolute Gasteiger partial charge is 0.243 e. The number of imidazole rings is 1. The van der Waals surface area contributed by atoms with Crippen molar-refractivity contribution in [2.24, 2.45) is 7.05 Å². The fourth-order valence-corrected chi connectivity index (χ4v) is 3.19. The van der Waals surface area contributed by atoms with Crippen LogP contribution < -0.4 is 10.2 Å². The lowest BCUT2D eigenvalue weighted by atomic mass is 10.2. The monoisotopic (exact) mass is 284 g/mol. The van der Waals surface area contributed by atoms with Gasteiger partial charge in [0.2, 0.25) is 11.9 Å². The van der Waals surface area contributed by atoms with Crippen LogP contribution >= 0.6 is 0 Å². The number of hydrogen-bond acceptors (Lipinski definition) is 3. The van der Waals surface area contributed by atoms with Crippen molar-refractivity contribution in [2.75, 3.05) is 11.4 Å². The number of hydrogen-bond donors (Lipinski definition) is 1. The lowest BCUT2D eigenvalue weighted by Gasteiger charge is -2.24. The minimum atomic E-state index is -0.0684. The second kappa shape index (κ2) is 4.76. The number of nitrogens with zero attached hydrogens (tertiary/aromatic N) is 3. The van der Waals surface area contributed by atoms with Gasteiger partial charge in [0, 0.05) is 19.6 Å². The predicted octanol–water partition coefficient (Wildman–Crippen LogP) is 1.82. The second-order valence-corrected chi connectivity index (χ2v) is 6.09. The molecule has 1 saturated heterocycles. The molecule has 1 amide bonds. The highest BCUT2D eigenvalue weighted by Crippen LogP contribution is 2.28. The van der Waals surface area contributed by atoms with Crippen LogP contribution in [-0.2, 0) is 11.8 Å². The molecule has 1 N–H and O–H groups in total. The van der Waals surface area contributed by atoms with Crippen LogP contribution in [0.15, 0.2) is 24.3 Å². The number of carbonyl (C=O) groups is 1. The Balaban J connectivity index is 1.66. The van der Waals surface area contributed by atoms with Gasteiger partial charge >= 0.3 is 0 Å². The van der Waals surface area contributed by atoms with Crippen molar-refractivity contribution in [3.8, 4) is 0 Å². The number of aryl methyl sites for hydroxylation is 1. The maximum absolute atomic E-state index is 12.4. The average molecular weight is 284 g/mol. The highest BCUT2D eigenvalue weighted by molar-refractivity contribution is 5.87. The molecule has 1 aromatic carbocycles. The van der Waals surface area contributed by atoms with Gasteiger partial charge in [-0.2, -0.15) is 0 Å². The fraction of sp³-hybridized carbons (Fsp3) is 0.500. The second-order valence-electron chi connectivity index (χ2n) is 6.09. The van der Waals surface area contributed by atoms with E-state index >= 15 is 0 Å². The molecule has 2 fully saturated rings. The lowest BCUT2D eigenvalue weighted by Crippen LogP contribution is -2.45. The molecule has 1 aliphatic heterocycles. The van der Waals surface area contributed by atoms with Gasteiger partial charge in [0.25, 0.3) is 0 Å². The summed E-state index contributed by atoms with van der Waals surface area (Å²) in [5.41, 5.74) is 2.10. The topological polar surface area (TPSA) is 50.2 Å². The minimum absolute atomic E-state index is 0.0684. The third kappa shape index (κ3) is 2.17. The molecule has 1 aromatic heterocycles. The number of para-hydroxylation sites is 2. The van der Waals surface area contributed by atoms with E-state index in [1.165, 1.54) is 0 Å². The molecule has 0 bridgehead atoms. The molecular formula is C16H20N4O. The lowest BCUT2D eigenvalue weighted by molar-refractivity contribution is -0.122. The van der Waals surface area contributed by atoms with Gasteiger partial charge < -0.3 is 14.8 Å². The van der Waals surface area contributed by atoms with E-state index in [0.717, 1.165) is 49.2 Å². The SMILES string of the molecule is Cn1c(N2CCC[C@@H]2C(=O)NC2CC2)nc2ccccc21. The number of rotatable bonds is 3. The molecule has 0 unspecified atom stereocenters. The summed E-state index contributed by atoms with van der Waals surface area (Å²) < 4.78 is 2.10. The summed E-state index contributed by atoms with van der Waals surface area (Å²) in [7, 11) is 2.03. The Morgan fingerprint density at radius 3 is 2.86 bits per heavy atom. The first-order valence-electron chi connectivity index (χ1n) is 7.72. The summed E-state index contributed by atoms with van der Waals surface area (Å²) in [5.74, 6) is 1.08. The molecule has 1 atom stereocenters. The molecule has 2 heterocycles. The number of nitrogens with one attached hydrogen (secondary N) is 1. The summed E-state index contributed by atoms with van der Waals surface area (Å²) in [6.45, 7) is 0.903. The van der Waals surface area contributed by atoms with Gasteiger partial charge in [-0.15, -0.1) is 0 Å². The Bertz CT molecular complexity index is 689. The van der Waals surface area contributed by atoms with Crippen molar-refractivity contribution in [3.05, 3.63) is 24.3 Å². The molecule has 4 rings (SSSR count). The number of aromatic nitrogens is 2. The maximum Gasteiger partial charge on any atom is 0.243 e. The highest BCUT2D eigenvalue weighted by atomic mass is 16.2. The number of carbonyl (C=O) groups excluding carboxylic acids is 1. The highest BCUT2D eigenvalue weighted by Gasteiger charge is 2.35. The third-order valence-electron chi connectivity index (χ3n) is 4.50. The van der Waals surface area contributed by atoms with E-state index in [9.17, 15) is 4.79 Å². The first-order valence-corrected chi connectivity index (χ1v) is 7.72. The van der Waals surface area contributed by atoms with E-state index in [1.54, 1.807) is 0 Å². The fourth-order valence-electron chi connectivity index (χ4n) is 3.19. The van der Waals surface area contributed by atoms with Gasteiger partial charge in [-0.3, -0.25) is 4.79 Å². The molecule has 0 spiro atoms. The Morgan fingerprint density at radius 1 is 1.29 bits per heavy atom. The first kappa shape index (κ1) is 12.7. The van der Waals surface area contributed by atoms with Crippen molar-refractivity contribution in [2.45, 2.75) is 37.8 Å². The molecule has 1 aliphatic carbocycles. The van der Waals surface area contributed by atoms with E-state index in [1.807, 2.05) is 25.2 Å². The van der Waals surface area contributed by atoms with E-state index in [2.05, 4.69) is 20.9 Å². The first-order chi connectivity index (χ1) is 10.2.